The van der Waals surface area contributed by atoms with Crippen LogP contribution < -0.4 is 0 Å². The molecule has 2 radical (unpaired) electrons. The van der Waals surface area contributed by atoms with Crippen LogP contribution in [0.5, 0.6) is 0 Å². The van der Waals surface area contributed by atoms with Gasteiger partial charge in [0, 0.05) is 14.2 Å². The first-order valence-corrected chi connectivity index (χ1v) is 3.67. The second kappa shape index (κ2) is 4.02. The molecular weight excluding hydrogens is 159 g/mol. The molecule has 4 nitrogen and oxygen atoms in total. The largest absolute Gasteiger partial charge is 0.382 e. The molecule has 0 N–H and O–H groups in total. The Kier molecular flexibility index (Phi) is 3.25. The number of hydrogen-bond donors (Lipinski definition) is 0. The standard InChI is InChI=1S/C7H11BO4/c1-10-3-4-6(11-2)5(9)7(8)12-4/h4,6-7H,3H2,1-2H3/t4-,6?,7-/m0/s1. The Balaban J connectivity index is 2.58. The summed E-state index contributed by atoms with van der Waals surface area (Å²) in [6, 6.07) is -0.866. The maximum atomic E-state index is 11.2. The van der Waals surface area contributed by atoms with Crippen LogP contribution in [0.4, 0.5) is 0 Å². The molecule has 1 rings (SSSR count). The molecule has 1 heterocycles. The van der Waals surface area contributed by atoms with E-state index in [1.54, 1.807) is 0 Å². The molecule has 1 unspecified atom stereocenters. The Morgan fingerprint density at radius 2 is 2.25 bits per heavy atom. The highest BCUT2D eigenvalue weighted by Gasteiger charge is 2.40. The number of carbonyl (C=O) groups excluding carboxylic acids is 1. The van der Waals surface area contributed by atoms with E-state index in [4.69, 9.17) is 22.1 Å². The van der Waals surface area contributed by atoms with Gasteiger partial charge in [-0.15, -0.1) is 0 Å². The highest BCUT2D eigenvalue weighted by molar-refractivity contribution is 6.25. The molecule has 0 aliphatic carbocycles. The lowest BCUT2D eigenvalue weighted by molar-refractivity contribution is -0.126. The van der Waals surface area contributed by atoms with Gasteiger partial charge in [-0.2, -0.15) is 0 Å². The zero-order valence-corrected chi connectivity index (χ0v) is 7.15. The van der Waals surface area contributed by atoms with Gasteiger partial charge in [-0.3, -0.25) is 4.79 Å². The number of Topliss-reactive ketones (excluding diaryl/α,β-unsaturated/α-hetero) is 1. The average Bonchev–Trinajstić information content (AvgIpc) is 2.29. The Morgan fingerprint density at radius 3 is 2.75 bits per heavy atom. The van der Waals surface area contributed by atoms with E-state index in [1.165, 1.54) is 14.2 Å². The molecule has 12 heavy (non-hydrogen) atoms. The van der Waals surface area contributed by atoms with Gasteiger partial charge < -0.3 is 14.2 Å². The molecule has 0 amide bonds. The van der Waals surface area contributed by atoms with E-state index in [0.717, 1.165) is 0 Å². The van der Waals surface area contributed by atoms with Crippen LogP contribution in [0.1, 0.15) is 0 Å². The zero-order chi connectivity index (χ0) is 9.14. The van der Waals surface area contributed by atoms with Gasteiger partial charge in [0.2, 0.25) is 0 Å². The van der Waals surface area contributed by atoms with Gasteiger partial charge in [-0.1, -0.05) is 0 Å². The minimum atomic E-state index is -0.866. The third-order valence-corrected chi connectivity index (χ3v) is 1.80. The van der Waals surface area contributed by atoms with E-state index in [1.807, 2.05) is 0 Å². The molecule has 1 saturated heterocycles. The monoisotopic (exact) mass is 170 g/mol. The summed E-state index contributed by atoms with van der Waals surface area (Å²) < 4.78 is 14.9. The predicted octanol–water partition coefficient (Wildman–Crippen LogP) is -0.890. The quantitative estimate of drug-likeness (QED) is 0.515. The van der Waals surface area contributed by atoms with Gasteiger partial charge in [-0.05, 0) is 0 Å². The lowest BCUT2D eigenvalue weighted by Crippen LogP contribution is -2.32. The summed E-state index contributed by atoms with van der Waals surface area (Å²) in [5, 5.41) is 0. The van der Waals surface area contributed by atoms with Crippen molar-refractivity contribution in [3.05, 3.63) is 0 Å². The normalized spacial score (nSPS) is 35.8. The minimum Gasteiger partial charge on any atom is -0.382 e. The molecule has 0 saturated carbocycles. The SMILES string of the molecule is [B][C@H]1O[C@@H](COC)C(OC)C1=O. The first-order chi connectivity index (χ1) is 5.70. The van der Waals surface area contributed by atoms with Crippen molar-refractivity contribution < 1.29 is 19.0 Å². The van der Waals surface area contributed by atoms with Gasteiger partial charge in [0.1, 0.15) is 20.1 Å². The summed E-state index contributed by atoms with van der Waals surface area (Å²) in [6.45, 7) is 0.317. The molecule has 1 aliphatic heterocycles. The van der Waals surface area contributed by atoms with Crippen LogP contribution in [0.25, 0.3) is 0 Å². The number of ether oxygens (including phenoxy) is 3. The molecule has 0 aromatic rings. The van der Waals surface area contributed by atoms with E-state index in [-0.39, 0.29) is 11.9 Å². The van der Waals surface area contributed by atoms with Crippen LogP contribution in [0.15, 0.2) is 0 Å². The molecule has 1 aliphatic rings. The van der Waals surface area contributed by atoms with Crippen LogP contribution in [0.2, 0.25) is 0 Å². The van der Waals surface area contributed by atoms with Crippen LogP contribution in [-0.4, -0.2) is 52.7 Å². The van der Waals surface area contributed by atoms with Crippen molar-refractivity contribution in [1.82, 2.24) is 0 Å². The van der Waals surface area contributed by atoms with Crippen molar-refractivity contribution in [2.45, 2.75) is 18.2 Å². The van der Waals surface area contributed by atoms with E-state index in [0.29, 0.717) is 6.61 Å². The van der Waals surface area contributed by atoms with Gasteiger partial charge >= 0.3 is 0 Å². The van der Waals surface area contributed by atoms with Gasteiger partial charge in [0.15, 0.2) is 5.78 Å². The summed E-state index contributed by atoms with van der Waals surface area (Å²) in [6.07, 6.45) is -0.956. The van der Waals surface area contributed by atoms with E-state index < -0.39 is 12.1 Å². The van der Waals surface area contributed by atoms with Crippen LogP contribution in [-0.2, 0) is 19.0 Å². The molecule has 1 fully saturated rings. The Labute approximate surface area is 72.6 Å². The fraction of sp³-hybridized carbons (Fsp3) is 0.857. The summed E-state index contributed by atoms with van der Waals surface area (Å²) in [5.41, 5.74) is 0. The minimum absolute atomic E-state index is 0.223. The molecule has 0 aromatic carbocycles. The predicted molar refractivity (Wildman–Crippen MR) is 42.1 cm³/mol. The third-order valence-electron chi connectivity index (χ3n) is 1.80. The van der Waals surface area contributed by atoms with Crippen molar-refractivity contribution in [1.29, 1.82) is 0 Å². The molecule has 0 bridgehead atoms. The third kappa shape index (κ3) is 1.68. The Hall–Kier alpha value is -0.385. The van der Waals surface area contributed by atoms with Gasteiger partial charge in [-0.25, -0.2) is 0 Å². The molecule has 66 valence electrons. The molecule has 0 spiro atoms. The number of methoxy groups -OCH3 is 2. The van der Waals surface area contributed by atoms with Crippen molar-refractivity contribution >= 4 is 13.6 Å². The van der Waals surface area contributed by atoms with E-state index in [9.17, 15) is 4.79 Å². The molecule has 3 atom stereocenters. The van der Waals surface area contributed by atoms with Crippen molar-refractivity contribution in [3.8, 4) is 0 Å². The fourth-order valence-electron chi connectivity index (χ4n) is 1.23. The number of carbonyl (C=O) groups is 1. The highest BCUT2D eigenvalue weighted by atomic mass is 16.6. The molecule has 0 aromatic heterocycles. The molecular formula is C7H11BO4. The van der Waals surface area contributed by atoms with Crippen molar-refractivity contribution in [3.63, 3.8) is 0 Å². The smallest absolute Gasteiger partial charge is 0.183 e. The average molecular weight is 170 g/mol. The summed E-state index contributed by atoms with van der Waals surface area (Å²) in [7, 11) is 8.34. The lowest BCUT2D eigenvalue weighted by Gasteiger charge is -2.14. The zero-order valence-electron chi connectivity index (χ0n) is 7.15. The van der Waals surface area contributed by atoms with Crippen molar-refractivity contribution in [2.24, 2.45) is 0 Å². The maximum absolute atomic E-state index is 11.2. The second-order valence-corrected chi connectivity index (χ2v) is 2.61. The van der Waals surface area contributed by atoms with Gasteiger partial charge in [0.05, 0.1) is 12.6 Å². The summed E-state index contributed by atoms with van der Waals surface area (Å²) >= 11 is 0. The number of hydrogen-bond acceptors (Lipinski definition) is 4. The number of ketones is 1. The Morgan fingerprint density at radius 1 is 1.58 bits per heavy atom. The van der Waals surface area contributed by atoms with Crippen molar-refractivity contribution in [2.75, 3.05) is 20.8 Å². The highest BCUT2D eigenvalue weighted by Crippen LogP contribution is 2.17. The topological polar surface area (TPSA) is 44.8 Å². The first-order valence-electron chi connectivity index (χ1n) is 3.67. The van der Waals surface area contributed by atoms with Crippen LogP contribution in [0, 0.1) is 0 Å². The maximum Gasteiger partial charge on any atom is 0.183 e. The second-order valence-electron chi connectivity index (χ2n) is 2.61. The van der Waals surface area contributed by atoms with E-state index >= 15 is 0 Å². The lowest BCUT2D eigenvalue weighted by atomic mass is 9.95. The number of rotatable bonds is 3. The molecule has 5 heteroatoms. The summed E-state index contributed by atoms with van der Waals surface area (Å²) in [4.78, 5) is 11.2. The Bertz CT molecular complexity index is 173. The first kappa shape index (κ1) is 9.70. The summed E-state index contributed by atoms with van der Waals surface area (Å²) in [5.74, 6) is -0.223. The van der Waals surface area contributed by atoms with Crippen LogP contribution in [0.3, 0.4) is 0 Å². The van der Waals surface area contributed by atoms with Gasteiger partial charge in [0.25, 0.3) is 0 Å². The van der Waals surface area contributed by atoms with E-state index in [2.05, 4.69) is 0 Å². The fourth-order valence-corrected chi connectivity index (χ4v) is 1.23. The van der Waals surface area contributed by atoms with Crippen LogP contribution >= 0.6 is 0 Å².